The third kappa shape index (κ3) is 2.02. The number of aryl methyl sites for hydroxylation is 1. The fourth-order valence-corrected chi connectivity index (χ4v) is 1.36. The Labute approximate surface area is 87.4 Å². The van der Waals surface area contributed by atoms with Crippen molar-refractivity contribution in [2.75, 3.05) is 6.61 Å². The van der Waals surface area contributed by atoms with Gasteiger partial charge < -0.3 is 5.11 Å². The van der Waals surface area contributed by atoms with Gasteiger partial charge in [-0.3, -0.25) is 0 Å². The minimum absolute atomic E-state index is 0.0174. The van der Waals surface area contributed by atoms with Gasteiger partial charge in [0.1, 0.15) is 0 Å². The van der Waals surface area contributed by atoms with Gasteiger partial charge in [0.15, 0.2) is 0 Å². The molecule has 5 nitrogen and oxygen atoms in total. The van der Waals surface area contributed by atoms with Crippen LogP contribution < -0.4 is 0 Å². The summed E-state index contributed by atoms with van der Waals surface area (Å²) in [5.41, 5.74) is 2.09. The molecular formula is C10H12N4O. The van der Waals surface area contributed by atoms with Crippen LogP contribution in [-0.2, 0) is 6.54 Å². The van der Waals surface area contributed by atoms with Gasteiger partial charge in [-0.1, -0.05) is 24.3 Å². The summed E-state index contributed by atoms with van der Waals surface area (Å²) < 4.78 is 0. The van der Waals surface area contributed by atoms with E-state index in [-0.39, 0.29) is 6.61 Å². The third-order valence-corrected chi connectivity index (χ3v) is 2.14. The number of hydrogen-bond donors (Lipinski definition) is 1. The van der Waals surface area contributed by atoms with Crippen LogP contribution in [0.15, 0.2) is 24.3 Å². The van der Waals surface area contributed by atoms with E-state index in [4.69, 9.17) is 5.11 Å². The van der Waals surface area contributed by atoms with Gasteiger partial charge in [0.05, 0.1) is 13.2 Å². The fourth-order valence-electron chi connectivity index (χ4n) is 1.36. The molecule has 15 heavy (non-hydrogen) atoms. The number of benzene rings is 1. The summed E-state index contributed by atoms with van der Waals surface area (Å²) >= 11 is 0. The van der Waals surface area contributed by atoms with Crippen LogP contribution in [0.5, 0.6) is 0 Å². The number of rotatable bonds is 3. The molecule has 0 saturated heterocycles. The standard InChI is InChI=1S/C10H12N4O/c1-8-4-2-3-5-9(8)10-11-13-14(12-10)6-7-15/h2-5,15H,6-7H2,1H3. The second-order valence-corrected chi connectivity index (χ2v) is 3.25. The first-order chi connectivity index (χ1) is 7.31. The maximum Gasteiger partial charge on any atom is 0.205 e. The lowest BCUT2D eigenvalue weighted by molar-refractivity contribution is 0.259. The van der Waals surface area contributed by atoms with Crippen molar-refractivity contribution in [3.8, 4) is 11.4 Å². The van der Waals surface area contributed by atoms with E-state index in [1.54, 1.807) is 0 Å². The molecule has 2 aromatic rings. The van der Waals surface area contributed by atoms with Crippen LogP contribution in [0.3, 0.4) is 0 Å². The van der Waals surface area contributed by atoms with E-state index in [2.05, 4.69) is 15.4 Å². The van der Waals surface area contributed by atoms with Crippen molar-refractivity contribution in [3.05, 3.63) is 29.8 Å². The Bertz CT molecular complexity index is 452. The maximum absolute atomic E-state index is 8.73. The highest BCUT2D eigenvalue weighted by molar-refractivity contribution is 5.58. The van der Waals surface area contributed by atoms with Gasteiger partial charge in [0, 0.05) is 5.56 Å². The van der Waals surface area contributed by atoms with Crippen molar-refractivity contribution >= 4 is 0 Å². The number of aromatic nitrogens is 4. The fraction of sp³-hybridized carbons (Fsp3) is 0.300. The van der Waals surface area contributed by atoms with E-state index in [9.17, 15) is 0 Å². The Morgan fingerprint density at radius 2 is 2.13 bits per heavy atom. The molecule has 0 saturated carbocycles. The lowest BCUT2D eigenvalue weighted by Gasteiger charge is -1.98. The second kappa shape index (κ2) is 4.18. The minimum Gasteiger partial charge on any atom is -0.394 e. The zero-order valence-corrected chi connectivity index (χ0v) is 8.46. The molecule has 0 aliphatic rings. The Morgan fingerprint density at radius 3 is 2.87 bits per heavy atom. The molecule has 0 aliphatic heterocycles. The van der Waals surface area contributed by atoms with Crippen LogP contribution in [0, 0.1) is 6.92 Å². The molecule has 1 aromatic carbocycles. The third-order valence-electron chi connectivity index (χ3n) is 2.14. The van der Waals surface area contributed by atoms with Crippen molar-refractivity contribution < 1.29 is 5.11 Å². The summed E-state index contributed by atoms with van der Waals surface area (Å²) in [7, 11) is 0. The Morgan fingerprint density at radius 1 is 1.33 bits per heavy atom. The molecule has 0 atom stereocenters. The number of aliphatic hydroxyl groups excluding tert-OH is 1. The molecule has 1 heterocycles. The number of aliphatic hydroxyl groups is 1. The predicted molar refractivity (Wildman–Crippen MR) is 55.1 cm³/mol. The molecule has 0 radical (unpaired) electrons. The van der Waals surface area contributed by atoms with Gasteiger partial charge in [-0.25, -0.2) is 0 Å². The number of tetrazole rings is 1. The summed E-state index contributed by atoms with van der Waals surface area (Å²) in [5.74, 6) is 0.599. The monoisotopic (exact) mass is 204 g/mol. The highest BCUT2D eigenvalue weighted by atomic mass is 16.3. The van der Waals surface area contributed by atoms with Crippen LogP contribution in [0.25, 0.3) is 11.4 Å². The van der Waals surface area contributed by atoms with Crippen LogP contribution in [0.4, 0.5) is 0 Å². The van der Waals surface area contributed by atoms with E-state index < -0.39 is 0 Å². The molecule has 0 aliphatic carbocycles. The lowest BCUT2D eigenvalue weighted by atomic mass is 10.1. The first-order valence-electron chi connectivity index (χ1n) is 4.76. The smallest absolute Gasteiger partial charge is 0.205 e. The molecule has 1 N–H and O–H groups in total. The van der Waals surface area contributed by atoms with Crippen molar-refractivity contribution in [1.29, 1.82) is 0 Å². The summed E-state index contributed by atoms with van der Waals surface area (Å²) in [5, 5.41) is 20.7. The highest BCUT2D eigenvalue weighted by Crippen LogP contribution is 2.17. The zero-order valence-electron chi connectivity index (χ0n) is 8.46. The van der Waals surface area contributed by atoms with E-state index >= 15 is 0 Å². The lowest BCUT2D eigenvalue weighted by Crippen LogP contribution is -2.05. The molecule has 0 fully saturated rings. The van der Waals surface area contributed by atoms with Gasteiger partial charge in [-0.15, -0.1) is 10.2 Å². The van der Waals surface area contributed by atoms with E-state index in [1.807, 2.05) is 31.2 Å². The normalized spacial score (nSPS) is 10.5. The van der Waals surface area contributed by atoms with Gasteiger partial charge >= 0.3 is 0 Å². The largest absolute Gasteiger partial charge is 0.394 e. The van der Waals surface area contributed by atoms with Gasteiger partial charge in [0.2, 0.25) is 5.82 Å². The van der Waals surface area contributed by atoms with Crippen molar-refractivity contribution in [3.63, 3.8) is 0 Å². The summed E-state index contributed by atoms with van der Waals surface area (Å²) in [6.45, 7) is 2.39. The topological polar surface area (TPSA) is 63.8 Å². The number of nitrogens with zero attached hydrogens (tertiary/aromatic N) is 4. The van der Waals surface area contributed by atoms with Gasteiger partial charge in [0.25, 0.3) is 0 Å². The first-order valence-corrected chi connectivity index (χ1v) is 4.76. The molecule has 5 heteroatoms. The van der Waals surface area contributed by atoms with Crippen molar-refractivity contribution in [2.45, 2.75) is 13.5 Å². The average Bonchev–Trinajstić information content (AvgIpc) is 2.68. The Balaban J connectivity index is 2.33. The molecular weight excluding hydrogens is 192 g/mol. The summed E-state index contributed by atoms with van der Waals surface area (Å²) in [4.78, 5) is 1.39. The van der Waals surface area contributed by atoms with E-state index in [0.29, 0.717) is 12.4 Å². The van der Waals surface area contributed by atoms with Crippen molar-refractivity contribution in [1.82, 2.24) is 20.2 Å². The minimum atomic E-state index is 0.0174. The highest BCUT2D eigenvalue weighted by Gasteiger charge is 2.07. The molecule has 1 aromatic heterocycles. The van der Waals surface area contributed by atoms with Gasteiger partial charge in [-0.2, -0.15) is 4.80 Å². The van der Waals surface area contributed by atoms with Gasteiger partial charge in [-0.05, 0) is 17.7 Å². The van der Waals surface area contributed by atoms with Crippen LogP contribution in [0.1, 0.15) is 5.56 Å². The quantitative estimate of drug-likeness (QED) is 0.797. The molecule has 0 amide bonds. The zero-order chi connectivity index (χ0) is 10.7. The maximum atomic E-state index is 8.73. The van der Waals surface area contributed by atoms with Crippen LogP contribution in [0.2, 0.25) is 0 Å². The van der Waals surface area contributed by atoms with Crippen LogP contribution >= 0.6 is 0 Å². The average molecular weight is 204 g/mol. The van der Waals surface area contributed by atoms with E-state index in [1.165, 1.54) is 4.80 Å². The molecule has 0 spiro atoms. The molecule has 2 rings (SSSR count). The summed E-state index contributed by atoms with van der Waals surface area (Å²) in [6, 6.07) is 7.86. The van der Waals surface area contributed by atoms with Crippen LogP contribution in [-0.4, -0.2) is 31.9 Å². The first kappa shape index (κ1) is 9.79. The molecule has 0 bridgehead atoms. The molecule has 78 valence electrons. The van der Waals surface area contributed by atoms with Crippen molar-refractivity contribution in [2.24, 2.45) is 0 Å². The Hall–Kier alpha value is -1.75. The Kier molecular flexibility index (Phi) is 2.73. The van der Waals surface area contributed by atoms with E-state index in [0.717, 1.165) is 11.1 Å². The summed E-state index contributed by atoms with van der Waals surface area (Å²) in [6.07, 6.45) is 0. The molecule has 0 unspecified atom stereocenters. The second-order valence-electron chi connectivity index (χ2n) is 3.25. The SMILES string of the molecule is Cc1ccccc1-c1nnn(CCO)n1. The number of hydrogen-bond acceptors (Lipinski definition) is 4. The predicted octanol–water partition coefficient (Wildman–Crippen LogP) is 0.641.